The highest BCUT2D eigenvalue weighted by molar-refractivity contribution is 5.92. The van der Waals surface area contributed by atoms with E-state index in [0.717, 1.165) is 12.8 Å². The number of carbonyl (C=O) groups is 2. The maximum Gasteiger partial charge on any atom is 0.338 e. The lowest BCUT2D eigenvalue weighted by Gasteiger charge is -2.34. The minimum Gasteiger partial charge on any atom is -0.493 e. The van der Waals surface area contributed by atoms with Crippen LogP contribution in [-0.2, 0) is 9.53 Å². The number of methoxy groups -OCH3 is 1. The number of rotatable bonds is 7. The smallest absolute Gasteiger partial charge is 0.338 e. The molecule has 1 amide bonds. The standard InChI is InChI=1S/C20H29NO5/c1-5-25-18-11-15(9-10-17(18)24-4)20(23)26-12-19(22)21-16-8-6-7-13(2)14(16)3/h9-11,13-14,16H,5-8,12H2,1-4H3,(H,21,22)/t13-,14-,16-/m0/s1. The molecule has 144 valence electrons. The zero-order valence-electron chi connectivity index (χ0n) is 16.0. The van der Waals surface area contributed by atoms with Crippen molar-refractivity contribution >= 4 is 11.9 Å². The van der Waals surface area contributed by atoms with Gasteiger partial charge in [0.05, 0.1) is 19.3 Å². The second kappa shape index (κ2) is 9.46. The summed E-state index contributed by atoms with van der Waals surface area (Å²) in [4.78, 5) is 24.4. The van der Waals surface area contributed by atoms with Gasteiger partial charge in [0, 0.05) is 6.04 Å². The Bertz CT molecular complexity index is 631. The fourth-order valence-corrected chi connectivity index (χ4v) is 3.32. The van der Waals surface area contributed by atoms with E-state index in [9.17, 15) is 9.59 Å². The molecule has 1 aliphatic rings. The Morgan fingerprint density at radius 1 is 1.19 bits per heavy atom. The van der Waals surface area contributed by atoms with E-state index < -0.39 is 5.97 Å². The van der Waals surface area contributed by atoms with Gasteiger partial charge in [0.15, 0.2) is 18.1 Å². The molecule has 0 spiro atoms. The second-order valence-corrected chi connectivity index (χ2v) is 6.82. The van der Waals surface area contributed by atoms with E-state index in [0.29, 0.717) is 35.5 Å². The van der Waals surface area contributed by atoms with Crippen molar-refractivity contribution < 1.29 is 23.8 Å². The summed E-state index contributed by atoms with van der Waals surface area (Å²) in [5.41, 5.74) is 0.321. The minimum absolute atomic E-state index is 0.149. The zero-order chi connectivity index (χ0) is 19.1. The lowest BCUT2D eigenvalue weighted by Crippen LogP contribution is -2.45. The van der Waals surface area contributed by atoms with E-state index in [1.165, 1.54) is 13.5 Å². The highest BCUT2D eigenvalue weighted by atomic mass is 16.5. The van der Waals surface area contributed by atoms with Gasteiger partial charge in [-0.3, -0.25) is 4.79 Å². The molecular weight excluding hydrogens is 334 g/mol. The molecule has 0 radical (unpaired) electrons. The largest absolute Gasteiger partial charge is 0.493 e. The second-order valence-electron chi connectivity index (χ2n) is 6.82. The van der Waals surface area contributed by atoms with Crippen molar-refractivity contribution in [1.82, 2.24) is 5.32 Å². The van der Waals surface area contributed by atoms with E-state index in [4.69, 9.17) is 14.2 Å². The number of carbonyl (C=O) groups excluding carboxylic acids is 2. The normalized spacial score (nSPS) is 22.4. The third kappa shape index (κ3) is 5.13. The highest BCUT2D eigenvalue weighted by Crippen LogP contribution is 2.30. The van der Waals surface area contributed by atoms with Crippen LogP contribution in [0.25, 0.3) is 0 Å². The summed E-state index contributed by atoms with van der Waals surface area (Å²) in [6.07, 6.45) is 3.28. The minimum atomic E-state index is -0.561. The van der Waals surface area contributed by atoms with E-state index in [1.54, 1.807) is 18.2 Å². The van der Waals surface area contributed by atoms with E-state index in [2.05, 4.69) is 19.2 Å². The fourth-order valence-electron chi connectivity index (χ4n) is 3.32. The summed E-state index contributed by atoms with van der Waals surface area (Å²) in [6.45, 7) is 6.39. The third-order valence-corrected chi connectivity index (χ3v) is 5.09. The predicted molar refractivity (Wildman–Crippen MR) is 98.6 cm³/mol. The molecule has 1 fully saturated rings. The summed E-state index contributed by atoms with van der Waals surface area (Å²) in [5.74, 6) is 1.21. The fraction of sp³-hybridized carbons (Fsp3) is 0.600. The van der Waals surface area contributed by atoms with Crippen molar-refractivity contribution in [1.29, 1.82) is 0 Å². The van der Waals surface area contributed by atoms with Crippen LogP contribution in [0.5, 0.6) is 11.5 Å². The van der Waals surface area contributed by atoms with Crippen molar-refractivity contribution in [2.24, 2.45) is 11.8 Å². The Morgan fingerprint density at radius 3 is 2.65 bits per heavy atom. The van der Waals surface area contributed by atoms with Gasteiger partial charge in [0.1, 0.15) is 0 Å². The average Bonchev–Trinajstić information content (AvgIpc) is 2.63. The average molecular weight is 363 g/mol. The van der Waals surface area contributed by atoms with E-state index in [-0.39, 0.29) is 18.6 Å². The van der Waals surface area contributed by atoms with Gasteiger partial charge in [-0.2, -0.15) is 0 Å². The lowest BCUT2D eigenvalue weighted by molar-refractivity contribution is -0.125. The Kier molecular flexibility index (Phi) is 7.30. The van der Waals surface area contributed by atoms with Crippen LogP contribution in [0.3, 0.4) is 0 Å². The summed E-state index contributed by atoms with van der Waals surface area (Å²) >= 11 is 0. The first-order valence-corrected chi connectivity index (χ1v) is 9.23. The summed E-state index contributed by atoms with van der Waals surface area (Å²) < 4.78 is 15.8. The molecule has 0 saturated heterocycles. The molecular formula is C20H29NO5. The molecule has 1 aromatic rings. The molecule has 1 aromatic carbocycles. The van der Waals surface area contributed by atoms with Gasteiger partial charge in [0.25, 0.3) is 5.91 Å². The van der Waals surface area contributed by atoms with E-state index in [1.807, 2.05) is 6.92 Å². The van der Waals surface area contributed by atoms with Crippen LogP contribution >= 0.6 is 0 Å². The van der Waals surface area contributed by atoms with Crippen molar-refractivity contribution in [2.75, 3.05) is 20.3 Å². The summed E-state index contributed by atoms with van der Waals surface area (Å²) in [6, 6.07) is 4.95. The number of ether oxygens (including phenoxy) is 3. The van der Waals surface area contributed by atoms with Gasteiger partial charge in [0.2, 0.25) is 0 Å². The highest BCUT2D eigenvalue weighted by Gasteiger charge is 2.28. The van der Waals surface area contributed by atoms with Crippen molar-refractivity contribution in [3.8, 4) is 11.5 Å². The number of benzene rings is 1. The SMILES string of the molecule is CCOc1cc(C(=O)OCC(=O)N[C@H]2CCC[C@H](C)[C@@H]2C)ccc1OC. The van der Waals surface area contributed by atoms with Crippen LogP contribution < -0.4 is 14.8 Å². The van der Waals surface area contributed by atoms with Crippen LogP contribution in [0.15, 0.2) is 18.2 Å². The van der Waals surface area contributed by atoms with Gasteiger partial charge in [-0.1, -0.05) is 26.7 Å². The molecule has 2 rings (SSSR count). The molecule has 1 aliphatic carbocycles. The van der Waals surface area contributed by atoms with Gasteiger partial charge < -0.3 is 19.5 Å². The quantitative estimate of drug-likeness (QED) is 0.753. The molecule has 1 saturated carbocycles. The summed E-state index contributed by atoms with van der Waals surface area (Å²) in [7, 11) is 1.54. The zero-order valence-corrected chi connectivity index (χ0v) is 16.0. The molecule has 1 N–H and O–H groups in total. The molecule has 0 aliphatic heterocycles. The maximum absolute atomic E-state index is 12.2. The monoisotopic (exact) mass is 363 g/mol. The van der Waals surface area contributed by atoms with Crippen molar-refractivity contribution in [2.45, 2.75) is 46.1 Å². The first-order valence-electron chi connectivity index (χ1n) is 9.23. The Morgan fingerprint density at radius 2 is 1.96 bits per heavy atom. The van der Waals surface area contributed by atoms with E-state index >= 15 is 0 Å². The topological polar surface area (TPSA) is 73.9 Å². The van der Waals surface area contributed by atoms with Gasteiger partial charge >= 0.3 is 5.97 Å². The molecule has 0 heterocycles. The summed E-state index contributed by atoms with van der Waals surface area (Å²) in [5, 5.41) is 2.99. The molecule has 3 atom stereocenters. The Hall–Kier alpha value is -2.24. The first-order chi connectivity index (χ1) is 12.5. The van der Waals surface area contributed by atoms with Crippen LogP contribution in [0, 0.1) is 11.8 Å². The van der Waals surface area contributed by atoms with Crippen LogP contribution in [-0.4, -0.2) is 38.2 Å². The van der Waals surface area contributed by atoms with Crippen LogP contribution in [0.1, 0.15) is 50.4 Å². The molecule has 6 nitrogen and oxygen atoms in total. The van der Waals surface area contributed by atoms with Crippen molar-refractivity contribution in [3.63, 3.8) is 0 Å². The first kappa shape index (κ1) is 20.1. The molecule has 26 heavy (non-hydrogen) atoms. The number of nitrogens with one attached hydrogen (secondary N) is 1. The van der Waals surface area contributed by atoms with Gasteiger partial charge in [-0.05, 0) is 43.4 Å². The number of hydrogen-bond acceptors (Lipinski definition) is 5. The lowest BCUT2D eigenvalue weighted by atomic mass is 9.78. The number of amides is 1. The van der Waals surface area contributed by atoms with Crippen molar-refractivity contribution in [3.05, 3.63) is 23.8 Å². The van der Waals surface area contributed by atoms with Crippen LogP contribution in [0.2, 0.25) is 0 Å². The predicted octanol–water partition coefficient (Wildman–Crippen LogP) is 3.19. The number of hydrogen-bond donors (Lipinski definition) is 1. The third-order valence-electron chi connectivity index (χ3n) is 5.09. The Balaban J connectivity index is 1.89. The molecule has 0 bridgehead atoms. The van der Waals surface area contributed by atoms with Crippen LogP contribution in [0.4, 0.5) is 0 Å². The van der Waals surface area contributed by atoms with Gasteiger partial charge in [-0.25, -0.2) is 4.79 Å². The Labute approximate surface area is 155 Å². The molecule has 0 aromatic heterocycles. The molecule has 0 unspecified atom stereocenters. The maximum atomic E-state index is 12.2. The number of esters is 1. The van der Waals surface area contributed by atoms with Gasteiger partial charge in [-0.15, -0.1) is 0 Å². The molecule has 6 heteroatoms.